The zero-order valence-corrected chi connectivity index (χ0v) is 19.9. The van der Waals surface area contributed by atoms with E-state index >= 15 is 0 Å². The molecule has 0 spiro atoms. The van der Waals surface area contributed by atoms with Crippen LogP contribution in [0.2, 0.25) is 0 Å². The van der Waals surface area contributed by atoms with Crippen molar-refractivity contribution < 1.29 is 9.21 Å². The monoisotopic (exact) mass is 469 g/mol. The standard InChI is InChI=1S/C27H23N3O3S/c1-16-7-6-8-19(14-16)30-26(32)25-24(20-9-4-5-10-22(20)33-25)29-27(30)34-15-23(31)28-21-12-11-17(2)13-18(21)3/h4-14H,15H2,1-3H3,(H,28,31). The number of aryl methyl sites for hydroxylation is 3. The summed E-state index contributed by atoms with van der Waals surface area (Å²) in [5.74, 6) is -0.0634. The Bertz CT molecular complexity index is 1620. The molecule has 6 nitrogen and oxygen atoms in total. The van der Waals surface area contributed by atoms with E-state index in [0.29, 0.717) is 21.9 Å². The highest BCUT2D eigenvalue weighted by molar-refractivity contribution is 7.99. The van der Waals surface area contributed by atoms with Gasteiger partial charge in [0.2, 0.25) is 11.5 Å². The number of anilines is 1. The fraction of sp³-hybridized carbons (Fsp3) is 0.148. The maximum atomic E-state index is 13.6. The number of nitrogens with one attached hydrogen (secondary N) is 1. The van der Waals surface area contributed by atoms with Crippen molar-refractivity contribution in [2.24, 2.45) is 0 Å². The van der Waals surface area contributed by atoms with Gasteiger partial charge in [0, 0.05) is 11.1 Å². The number of amides is 1. The topological polar surface area (TPSA) is 77.1 Å². The molecule has 0 aliphatic rings. The fourth-order valence-electron chi connectivity index (χ4n) is 3.98. The van der Waals surface area contributed by atoms with Crippen LogP contribution in [0.3, 0.4) is 0 Å². The number of carbonyl (C=O) groups excluding carboxylic acids is 1. The molecule has 7 heteroatoms. The van der Waals surface area contributed by atoms with Gasteiger partial charge in [-0.15, -0.1) is 0 Å². The summed E-state index contributed by atoms with van der Waals surface area (Å²) in [5.41, 5.74) is 5.60. The first-order valence-electron chi connectivity index (χ1n) is 10.9. The first-order chi connectivity index (χ1) is 16.4. The molecular weight excluding hydrogens is 446 g/mol. The van der Waals surface area contributed by atoms with E-state index in [2.05, 4.69) is 5.32 Å². The molecule has 0 bridgehead atoms. The van der Waals surface area contributed by atoms with Crippen molar-refractivity contribution in [1.29, 1.82) is 0 Å². The van der Waals surface area contributed by atoms with E-state index in [4.69, 9.17) is 9.40 Å². The van der Waals surface area contributed by atoms with Crippen molar-refractivity contribution in [3.63, 3.8) is 0 Å². The van der Waals surface area contributed by atoms with Gasteiger partial charge >= 0.3 is 5.56 Å². The molecule has 0 saturated heterocycles. The number of aromatic nitrogens is 2. The van der Waals surface area contributed by atoms with Crippen LogP contribution in [0.4, 0.5) is 5.69 Å². The second-order valence-corrected chi connectivity index (χ2v) is 9.25. The molecule has 0 fully saturated rings. The van der Waals surface area contributed by atoms with E-state index < -0.39 is 0 Å². The molecule has 5 aromatic rings. The van der Waals surface area contributed by atoms with Crippen LogP contribution >= 0.6 is 11.8 Å². The Morgan fingerprint density at radius 2 is 1.79 bits per heavy atom. The molecule has 0 aliphatic carbocycles. The van der Waals surface area contributed by atoms with Crippen LogP contribution in [0.25, 0.3) is 27.8 Å². The van der Waals surface area contributed by atoms with E-state index in [1.807, 2.05) is 87.5 Å². The minimum absolute atomic E-state index is 0.104. The SMILES string of the molecule is Cc1cccc(-n2c(SCC(=O)Nc3ccc(C)cc3C)nc3c(oc4ccccc43)c2=O)c1. The summed E-state index contributed by atoms with van der Waals surface area (Å²) in [6, 6.07) is 20.9. The average molecular weight is 470 g/mol. The number of thioether (sulfide) groups is 1. The van der Waals surface area contributed by atoms with E-state index in [0.717, 1.165) is 27.8 Å². The molecule has 1 amide bonds. The minimum Gasteiger partial charge on any atom is -0.448 e. The van der Waals surface area contributed by atoms with Crippen molar-refractivity contribution in [1.82, 2.24) is 9.55 Å². The normalized spacial score (nSPS) is 11.3. The summed E-state index contributed by atoms with van der Waals surface area (Å²) < 4.78 is 7.39. The molecule has 0 radical (unpaired) electrons. The maximum absolute atomic E-state index is 13.6. The lowest BCUT2D eigenvalue weighted by molar-refractivity contribution is -0.113. The second kappa shape index (κ2) is 8.83. The Kier molecular flexibility index (Phi) is 5.71. The fourth-order valence-corrected chi connectivity index (χ4v) is 4.79. The Morgan fingerprint density at radius 3 is 2.59 bits per heavy atom. The molecule has 0 atom stereocenters. The summed E-state index contributed by atoms with van der Waals surface area (Å²) in [7, 11) is 0. The number of rotatable bonds is 5. The molecule has 5 rings (SSSR count). The summed E-state index contributed by atoms with van der Waals surface area (Å²) >= 11 is 1.22. The van der Waals surface area contributed by atoms with Gasteiger partial charge in [-0.2, -0.15) is 0 Å². The largest absolute Gasteiger partial charge is 0.448 e. The number of hydrogen-bond acceptors (Lipinski definition) is 5. The lowest BCUT2D eigenvalue weighted by Crippen LogP contribution is -2.22. The number of furan rings is 1. The quantitative estimate of drug-likeness (QED) is 0.260. The van der Waals surface area contributed by atoms with Gasteiger partial charge in [-0.1, -0.05) is 53.7 Å². The Morgan fingerprint density at radius 1 is 1.00 bits per heavy atom. The Labute approximate surface area is 200 Å². The van der Waals surface area contributed by atoms with Crippen molar-refractivity contribution in [3.8, 4) is 5.69 Å². The van der Waals surface area contributed by atoms with Crippen LogP contribution < -0.4 is 10.9 Å². The van der Waals surface area contributed by atoms with Gasteiger partial charge in [0.25, 0.3) is 0 Å². The van der Waals surface area contributed by atoms with Crippen LogP contribution in [-0.4, -0.2) is 21.2 Å². The van der Waals surface area contributed by atoms with Crippen molar-refractivity contribution in [3.05, 3.63) is 93.8 Å². The Hall–Kier alpha value is -3.84. The van der Waals surface area contributed by atoms with Crippen LogP contribution in [0.1, 0.15) is 16.7 Å². The van der Waals surface area contributed by atoms with E-state index in [1.165, 1.54) is 16.3 Å². The smallest absolute Gasteiger partial charge is 0.302 e. The summed E-state index contributed by atoms with van der Waals surface area (Å²) in [6.45, 7) is 5.94. The number of benzene rings is 3. The molecule has 34 heavy (non-hydrogen) atoms. The summed E-state index contributed by atoms with van der Waals surface area (Å²) in [5, 5.41) is 4.17. The van der Waals surface area contributed by atoms with Crippen LogP contribution in [0.5, 0.6) is 0 Å². The van der Waals surface area contributed by atoms with Gasteiger partial charge in [0.15, 0.2) is 5.16 Å². The van der Waals surface area contributed by atoms with Gasteiger partial charge in [-0.25, -0.2) is 4.98 Å². The number of fused-ring (bicyclic) bond motifs is 3. The van der Waals surface area contributed by atoms with Gasteiger partial charge in [-0.05, 0) is 62.2 Å². The maximum Gasteiger partial charge on any atom is 0.302 e. The number of hydrogen-bond donors (Lipinski definition) is 1. The molecule has 3 aromatic carbocycles. The lowest BCUT2D eigenvalue weighted by Gasteiger charge is -2.13. The number of carbonyl (C=O) groups is 1. The third-order valence-electron chi connectivity index (χ3n) is 5.61. The number of para-hydroxylation sites is 1. The molecule has 2 aromatic heterocycles. The lowest BCUT2D eigenvalue weighted by atomic mass is 10.1. The molecule has 170 valence electrons. The van der Waals surface area contributed by atoms with Gasteiger partial charge < -0.3 is 9.73 Å². The number of nitrogens with zero attached hydrogens (tertiary/aromatic N) is 2. The molecule has 2 heterocycles. The van der Waals surface area contributed by atoms with Crippen LogP contribution in [-0.2, 0) is 4.79 Å². The van der Waals surface area contributed by atoms with Gasteiger partial charge in [-0.3, -0.25) is 14.2 Å². The molecule has 0 aliphatic heterocycles. The molecule has 0 unspecified atom stereocenters. The molecule has 1 N–H and O–H groups in total. The predicted octanol–water partition coefficient (Wildman–Crippen LogP) is 5.79. The predicted molar refractivity (Wildman–Crippen MR) is 137 cm³/mol. The highest BCUT2D eigenvalue weighted by Crippen LogP contribution is 2.29. The van der Waals surface area contributed by atoms with Gasteiger partial charge in [0.05, 0.1) is 11.4 Å². The second-order valence-electron chi connectivity index (χ2n) is 8.31. The first kappa shape index (κ1) is 22.0. The molecular formula is C27H23N3O3S. The summed E-state index contributed by atoms with van der Waals surface area (Å²) in [4.78, 5) is 31.1. The Balaban J connectivity index is 1.55. The van der Waals surface area contributed by atoms with E-state index in [-0.39, 0.29) is 22.8 Å². The highest BCUT2D eigenvalue weighted by Gasteiger charge is 2.20. The first-order valence-corrected chi connectivity index (χ1v) is 11.9. The van der Waals surface area contributed by atoms with Crippen molar-refractivity contribution in [2.75, 3.05) is 11.1 Å². The highest BCUT2D eigenvalue weighted by atomic mass is 32.2. The van der Waals surface area contributed by atoms with Crippen molar-refractivity contribution >= 4 is 45.4 Å². The minimum atomic E-state index is -0.302. The molecule has 0 saturated carbocycles. The van der Waals surface area contributed by atoms with E-state index in [1.54, 1.807) is 0 Å². The summed E-state index contributed by atoms with van der Waals surface area (Å²) in [6.07, 6.45) is 0. The van der Waals surface area contributed by atoms with Crippen LogP contribution in [0, 0.1) is 20.8 Å². The zero-order chi connectivity index (χ0) is 23.8. The van der Waals surface area contributed by atoms with Crippen LogP contribution in [0.15, 0.2) is 81.1 Å². The van der Waals surface area contributed by atoms with Gasteiger partial charge in [0.1, 0.15) is 11.1 Å². The van der Waals surface area contributed by atoms with Crippen molar-refractivity contribution in [2.45, 2.75) is 25.9 Å². The third kappa shape index (κ3) is 4.10. The average Bonchev–Trinajstić information content (AvgIpc) is 3.19. The zero-order valence-electron chi connectivity index (χ0n) is 19.1. The third-order valence-corrected chi connectivity index (χ3v) is 6.55. The van der Waals surface area contributed by atoms with E-state index in [9.17, 15) is 9.59 Å².